The largest absolute Gasteiger partial charge is 0.341 e. The van der Waals surface area contributed by atoms with Crippen LogP contribution in [0, 0.1) is 0 Å². The van der Waals surface area contributed by atoms with Gasteiger partial charge in [-0.2, -0.15) is 0 Å². The quantitative estimate of drug-likeness (QED) is 0.378. The average molecular weight is 485 g/mol. The van der Waals surface area contributed by atoms with E-state index in [1.165, 1.54) is 11.1 Å². The summed E-state index contributed by atoms with van der Waals surface area (Å²) in [6.07, 6.45) is 1.81. The Hall–Kier alpha value is -3.41. The summed E-state index contributed by atoms with van der Waals surface area (Å²) in [5.74, 6) is 0.501. The first-order valence-electron chi connectivity index (χ1n) is 12.0. The van der Waals surface area contributed by atoms with E-state index in [-0.39, 0.29) is 17.9 Å². The van der Waals surface area contributed by atoms with Gasteiger partial charge < -0.3 is 9.88 Å². The fourth-order valence-corrected chi connectivity index (χ4v) is 4.93. The molecule has 1 amide bonds. The topological polar surface area (TPSA) is 52.2 Å². The molecule has 0 radical (unpaired) electrons. The molecule has 1 fully saturated rings. The van der Waals surface area contributed by atoms with Crippen molar-refractivity contribution in [3.63, 3.8) is 0 Å². The number of imidazole rings is 1. The van der Waals surface area contributed by atoms with E-state index < -0.39 is 0 Å². The minimum Gasteiger partial charge on any atom is -0.341 e. The van der Waals surface area contributed by atoms with Gasteiger partial charge in [0.15, 0.2) is 0 Å². The predicted molar refractivity (Wildman–Crippen MR) is 140 cm³/mol. The Morgan fingerprint density at radius 3 is 2.11 bits per heavy atom. The van der Waals surface area contributed by atoms with Crippen LogP contribution >= 0.6 is 11.6 Å². The SMILES string of the molecule is CC(C(=O)N1CCN(C(c2ccccc2)c2ccc(Cl)cc2)CC1)c1ncc(-c2ccccc2)[nH]1. The van der Waals surface area contributed by atoms with Gasteiger partial charge in [0.05, 0.1) is 23.9 Å². The number of benzene rings is 3. The van der Waals surface area contributed by atoms with Crippen LogP contribution in [0.3, 0.4) is 0 Å². The Bertz CT molecular complexity index is 1250. The number of carbonyl (C=O) groups is 1. The molecule has 0 aliphatic carbocycles. The average Bonchev–Trinajstić information content (AvgIpc) is 3.41. The van der Waals surface area contributed by atoms with Crippen molar-refractivity contribution in [2.24, 2.45) is 0 Å². The third kappa shape index (κ3) is 5.16. The molecule has 1 aliphatic heterocycles. The molecule has 4 aromatic rings. The second-order valence-electron chi connectivity index (χ2n) is 9.00. The van der Waals surface area contributed by atoms with E-state index in [1.54, 1.807) is 0 Å². The third-order valence-corrected chi connectivity index (χ3v) is 7.00. The number of nitrogens with zero attached hydrogens (tertiary/aromatic N) is 3. The van der Waals surface area contributed by atoms with Crippen molar-refractivity contribution >= 4 is 17.5 Å². The Morgan fingerprint density at radius 2 is 1.46 bits per heavy atom. The molecule has 1 N–H and O–H groups in total. The van der Waals surface area contributed by atoms with E-state index >= 15 is 0 Å². The van der Waals surface area contributed by atoms with E-state index in [0.29, 0.717) is 18.9 Å². The van der Waals surface area contributed by atoms with E-state index in [2.05, 4.69) is 51.3 Å². The lowest BCUT2D eigenvalue weighted by molar-refractivity contribution is -0.134. The van der Waals surface area contributed by atoms with Gasteiger partial charge in [0, 0.05) is 31.2 Å². The zero-order valence-electron chi connectivity index (χ0n) is 19.8. The van der Waals surface area contributed by atoms with Gasteiger partial charge in [-0.05, 0) is 35.7 Å². The van der Waals surface area contributed by atoms with Crippen LogP contribution in [0.4, 0.5) is 0 Å². The predicted octanol–water partition coefficient (Wildman–Crippen LogP) is 5.77. The smallest absolute Gasteiger partial charge is 0.233 e. The Balaban J connectivity index is 1.28. The third-order valence-electron chi connectivity index (χ3n) is 6.75. The number of rotatable bonds is 6. The van der Waals surface area contributed by atoms with Crippen molar-refractivity contribution in [3.8, 4) is 11.3 Å². The van der Waals surface area contributed by atoms with E-state index in [4.69, 9.17) is 11.6 Å². The molecule has 6 heteroatoms. The monoisotopic (exact) mass is 484 g/mol. The molecule has 0 bridgehead atoms. The van der Waals surface area contributed by atoms with Crippen LogP contribution in [0.25, 0.3) is 11.3 Å². The molecule has 1 saturated heterocycles. The van der Waals surface area contributed by atoms with Crippen LogP contribution in [0.15, 0.2) is 91.1 Å². The fourth-order valence-electron chi connectivity index (χ4n) is 4.81. The van der Waals surface area contributed by atoms with Gasteiger partial charge in [0.1, 0.15) is 5.82 Å². The van der Waals surface area contributed by atoms with Crippen molar-refractivity contribution in [1.29, 1.82) is 0 Å². The summed E-state index contributed by atoms with van der Waals surface area (Å²) in [6, 6.07) is 28.8. The first kappa shape index (κ1) is 23.3. The Labute approximate surface area is 211 Å². The number of nitrogens with one attached hydrogen (secondary N) is 1. The lowest BCUT2D eigenvalue weighted by atomic mass is 9.96. The zero-order chi connectivity index (χ0) is 24.2. The second kappa shape index (κ2) is 10.5. The fraction of sp³-hybridized carbons (Fsp3) is 0.241. The van der Waals surface area contributed by atoms with Crippen molar-refractivity contribution in [3.05, 3.63) is 113 Å². The maximum Gasteiger partial charge on any atom is 0.233 e. The molecule has 0 saturated carbocycles. The van der Waals surface area contributed by atoms with Crippen LogP contribution in [0.2, 0.25) is 5.02 Å². The van der Waals surface area contributed by atoms with Crippen LogP contribution < -0.4 is 0 Å². The Kier molecular flexibility index (Phi) is 6.98. The number of hydrogen-bond acceptors (Lipinski definition) is 3. The van der Waals surface area contributed by atoms with Crippen molar-refractivity contribution < 1.29 is 4.79 Å². The molecular formula is C29H29ClN4O. The van der Waals surface area contributed by atoms with Gasteiger partial charge in [-0.25, -0.2) is 4.98 Å². The zero-order valence-corrected chi connectivity index (χ0v) is 20.5. The normalized spacial score (nSPS) is 16.1. The summed E-state index contributed by atoms with van der Waals surface area (Å²) in [6.45, 7) is 4.91. The molecule has 1 aromatic heterocycles. The lowest BCUT2D eigenvalue weighted by Crippen LogP contribution is -2.50. The van der Waals surface area contributed by atoms with Crippen LogP contribution in [0.1, 0.15) is 35.8 Å². The van der Waals surface area contributed by atoms with E-state index in [9.17, 15) is 4.79 Å². The molecule has 2 unspecified atom stereocenters. The lowest BCUT2D eigenvalue weighted by Gasteiger charge is -2.40. The molecule has 2 atom stereocenters. The van der Waals surface area contributed by atoms with Gasteiger partial charge in [0.2, 0.25) is 5.91 Å². The molecule has 0 spiro atoms. The minimum atomic E-state index is -0.319. The van der Waals surface area contributed by atoms with Crippen LogP contribution in [-0.4, -0.2) is 51.9 Å². The first-order chi connectivity index (χ1) is 17.1. The summed E-state index contributed by atoms with van der Waals surface area (Å²) < 4.78 is 0. The number of aromatic nitrogens is 2. The molecule has 3 aromatic carbocycles. The van der Waals surface area contributed by atoms with E-state index in [1.807, 2.05) is 66.6 Å². The number of halogens is 1. The highest BCUT2D eigenvalue weighted by atomic mass is 35.5. The number of H-pyrrole nitrogens is 1. The molecule has 178 valence electrons. The molecule has 5 rings (SSSR count). The summed E-state index contributed by atoms with van der Waals surface area (Å²) in [5.41, 5.74) is 4.44. The summed E-state index contributed by atoms with van der Waals surface area (Å²) in [4.78, 5) is 25.6. The van der Waals surface area contributed by atoms with Crippen LogP contribution in [0.5, 0.6) is 0 Å². The number of carbonyl (C=O) groups excluding carboxylic acids is 1. The van der Waals surface area contributed by atoms with Crippen molar-refractivity contribution in [2.45, 2.75) is 18.9 Å². The summed E-state index contributed by atoms with van der Waals surface area (Å²) in [7, 11) is 0. The standard InChI is InChI=1S/C29H29ClN4O/c1-21(28-31-20-26(32-28)22-8-4-2-5-9-22)29(35)34-18-16-33(17-19-34)27(23-10-6-3-7-11-23)24-12-14-25(30)15-13-24/h2-15,20-21,27H,16-19H2,1H3,(H,31,32). The summed E-state index contributed by atoms with van der Waals surface area (Å²) in [5, 5.41) is 0.735. The van der Waals surface area contributed by atoms with Gasteiger partial charge >= 0.3 is 0 Å². The highest BCUT2D eigenvalue weighted by molar-refractivity contribution is 6.30. The molecule has 35 heavy (non-hydrogen) atoms. The number of amides is 1. The maximum atomic E-state index is 13.3. The minimum absolute atomic E-state index is 0.112. The van der Waals surface area contributed by atoms with Gasteiger partial charge in [-0.1, -0.05) is 84.4 Å². The highest BCUT2D eigenvalue weighted by Gasteiger charge is 2.31. The van der Waals surface area contributed by atoms with Gasteiger partial charge in [-0.15, -0.1) is 0 Å². The maximum absolute atomic E-state index is 13.3. The number of hydrogen-bond donors (Lipinski definition) is 1. The molecular weight excluding hydrogens is 456 g/mol. The first-order valence-corrected chi connectivity index (χ1v) is 12.4. The number of aromatic amines is 1. The second-order valence-corrected chi connectivity index (χ2v) is 9.43. The Morgan fingerprint density at radius 1 is 0.857 bits per heavy atom. The summed E-state index contributed by atoms with van der Waals surface area (Å²) >= 11 is 6.15. The molecule has 2 heterocycles. The van der Waals surface area contributed by atoms with Gasteiger partial charge in [0.25, 0.3) is 0 Å². The highest BCUT2D eigenvalue weighted by Crippen LogP contribution is 2.31. The molecule has 1 aliphatic rings. The van der Waals surface area contributed by atoms with E-state index in [0.717, 1.165) is 29.4 Å². The molecule has 5 nitrogen and oxygen atoms in total. The number of piperazine rings is 1. The van der Waals surface area contributed by atoms with Crippen molar-refractivity contribution in [1.82, 2.24) is 19.8 Å². The van der Waals surface area contributed by atoms with Gasteiger partial charge in [-0.3, -0.25) is 9.69 Å². The van der Waals surface area contributed by atoms with Crippen LogP contribution in [-0.2, 0) is 4.79 Å². The van der Waals surface area contributed by atoms with Crippen molar-refractivity contribution in [2.75, 3.05) is 26.2 Å².